The Labute approximate surface area is 117 Å². The Morgan fingerprint density at radius 1 is 1.10 bits per heavy atom. The monoisotopic (exact) mass is 272 g/mol. The van der Waals surface area contributed by atoms with Crippen LogP contribution in [0, 0.1) is 19.7 Å². The zero-order valence-electron chi connectivity index (χ0n) is 11.6. The Hall–Kier alpha value is -1.87. The van der Waals surface area contributed by atoms with E-state index in [9.17, 15) is 9.50 Å². The molecule has 0 aliphatic carbocycles. The van der Waals surface area contributed by atoms with Gasteiger partial charge in [-0.1, -0.05) is 23.8 Å². The van der Waals surface area contributed by atoms with Gasteiger partial charge in [-0.3, -0.25) is 0 Å². The molecule has 2 aromatic carbocycles. The first-order valence-electron chi connectivity index (χ1n) is 6.76. The third kappa shape index (κ3) is 2.29. The number of aliphatic hydroxyl groups excluding tert-OH is 1. The van der Waals surface area contributed by atoms with E-state index in [1.54, 1.807) is 6.07 Å². The standard InChI is InChI=1S/C17H17FO2/c1-10-3-5-13(11(2)7-10)17-9-15(19)14-8-12(18)4-6-16(14)20-17/h3-8,15,17,19H,9H2,1-2H3/t15-,17?/m1/s1. The van der Waals surface area contributed by atoms with Crippen molar-refractivity contribution in [3.8, 4) is 5.75 Å². The molecule has 0 saturated carbocycles. The highest BCUT2D eigenvalue weighted by atomic mass is 19.1. The topological polar surface area (TPSA) is 29.5 Å². The van der Waals surface area contributed by atoms with Crippen LogP contribution in [0.2, 0.25) is 0 Å². The summed E-state index contributed by atoms with van der Waals surface area (Å²) < 4.78 is 19.2. The van der Waals surface area contributed by atoms with Crippen molar-refractivity contribution in [3.63, 3.8) is 0 Å². The van der Waals surface area contributed by atoms with Crippen molar-refractivity contribution in [2.24, 2.45) is 0 Å². The molecule has 2 atom stereocenters. The van der Waals surface area contributed by atoms with Gasteiger partial charge in [0.25, 0.3) is 0 Å². The van der Waals surface area contributed by atoms with Gasteiger partial charge in [0.15, 0.2) is 0 Å². The molecular weight excluding hydrogens is 255 g/mol. The fourth-order valence-corrected chi connectivity index (χ4v) is 2.80. The van der Waals surface area contributed by atoms with Crippen LogP contribution in [-0.2, 0) is 0 Å². The summed E-state index contributed by atoms with van der Waals surface area (Å²) in [6.45, 7) is 4.09. The normalized spacial score (nSPS) is 21.2. The molecule has 1 heterocycles. The summed E-state index contributed by atoms with van der Waals surface area (Å²) in [6, 6.07) is 10.5. The SMILES string of the molecule is Cc1ccc(C2C[C@@H](O)c3cc(F)ccc3O2)c(C)c1. The summed E-state index contributed by atoms with van der Waals surface area (Å²) in [4.78, 5) is 0. The van der Waals surface area contributed by atoms with Crippen molar-refractivity contribution < 1.29 is 14.2 Å². The van der Waals surface area contributed by atoms with E-state index in [4.69, 9.17) is 4.74 Å². The number of rotatable bonds is 1. The molecule has 0 amide bonds. The minimum Gasteiger partial charge on any atom is -0.485 e. The number of fused-ring (bicyclic) bond motifs is 1. The predicted molar refractivity (Wildman–Crippen MR) is 75.3 cm³/mol. The first-order chi connectivity index (χ1) is 9.54. The Morgan fingerprint density at radius 3 is 2.65 bits per heavy atom. The van der Waals surface area contributed by atoms with Crippen molar-refractivity contribution in [2.75, 3.05) is 0 Å². The molecule has 20 heavy (non-hydrogen) atoms. The summed E-state index contributed by atoms with van der Waals surface area (Å²) in [5.41, 5.74) is 3.95. The van der Waals surface area contributed by atoms with Gasteiger partial charge in [-0.2, -0.15) is 0 Å². The molecule has 1 N–H and O–H groups in total. The molecule has 3 heteroatoms. The van der Waals surface area contributed by atoms with E-state index in [1.807, 2.05) is 26.0 Å². The third-order valence-corrected chi connectivity index (χ3v) is 3.81. The average molecular weight is 272 g/mol. The molecule has 1 aliphatic heterocycles. The minimum atomic E-state index is -0.694. The van der Waals surface area contributed by atoms with Crippen LogP contribution in [0.1, 0.15) is 40.9 Å². The van der Waals surface area contributed by atoms with E-state index in [-0.39, 0.29) is 11.9 Å². The van der Waals surface area contributed by atoms with Crippen molar-refractivity contribution >= 4 is 0 Å². The molecular formula is C17H17FO2. The maximum Gasteiger partial charge on any atom is 0.127 e. The second kappa shape index (κ2) is 4.91. The van der Waals surface area contributed by atoms with Gasteiger partial charge < -0.3 is 9.84 Å². The van der Waals surface area contributed by atoms with Crippen molar-refractivity contribution in [1.82, 2.24) is 0 Å². The van der Waals surface area contributed by atoms with E-state index in [0.29, 0.717) is 17.7 Å². The smallest absolute Gasteiger partial charge is 0.127 e. The Kier molecular flexibility index (Phi) is 3.22. The summed E-state index contributed by atoms with van der Waals surface area (Å²) in [6.07, 6.45) is -0.441. The molecule has 0 aromatic heterocycles. The Bertz CT molecular complexity index is 651. The number of aryl methyl sites for hydroxylation is 2. The van der Waals surface area contributed by atoms with Gasteiger partial charge in [-0.05, 0) is 43.2 Å². The number of benzene rings is 2. The van der Waals surface area contributed by atoms with E-state index in [0.717, 1.165) is 11.1 Å². The van der Waals surface area contributed by atoms with E-state index in [2.05, 4.69) is 6.07 Å². The highest BCUT2D eigenvalue weighted by Gasteiger charge is 2.29. The van der Waals surface area contributed by atoms with Gasteiger partial charge in [-0.25, -0.2) is 4.39 Å². The lowest BCUT2D eigenvalue weighted by molar-refractivity contribution is 0.0650. The Morgan fingerprint density at radius 2 is 1.90 bits per heavy atom. The average Bonchev–Trinajstić information content (AvgIpc) is 2.39. The van der Waals surface area contributed by atoms with Crippen LogP contribution in [0.5, 0.6) is 5.75 Å². The van der Waals surface area contributed by atoms with Crippen LogP contribution in [0.3, 0.4) is 0 Å². The molecule has 1 aliphatic rings. The highest BCUT2D eigenvalue weighted by Crippen LogP contribution is 2.41. The van der Waals surface area contributed by atoms with Crippen molar-refractivity contribution in [2.45, 2.75) is 32.5 Å². The largest absolute Gasteiger partial charge is 0.485 e. The molecule has 0 saturated heterocycles. The first kappa shape index (κ1) is 13.1. The van der Waals surface area contributed by atoms with E-state index < -0.39 is 6.10 Å². The molecule has 1 unspecified atom stereocenters. The van der Waals surface area contributed by atoms with Gasteiger partial charge in [0, 0.05) is 12.0 Å². The van der Waals surface area contributed by atoms with E-state index >= 15 is 0 Å². The molecule has 3 rings (SSSR count). The molecule has 0 fully saturated rings. The fourth-order valence-electron chi connectivity index (χ4n) is 2.80. The van der Waals surface area contributed by atoms with Crippen LogP contribution in [0.15, 0.2) is 36.4 Å². The fraction of sp³-hybridized carbons (Fsp3) is 0.294. The highest BCUT2D eigenvalue weighted by molar-refractivity contribution is 5.40. The Balaban J connectivity index is 1.97. The van der Waals surface area contributed by atoms with Crippen LogP contribution in [0.25, 0.3) is 0 Å². The van der Waals surface area contributed by atoms with Gasteiger partial charge in [0.2, 0.25) is 0 Å². The molecule has 2 nitrogen and oxygen atoms in total. The van der Waals surface area contributed by atoms with Crippen LogP contribution in [-0.4, -0.2) is 5.11 Å². The van der Waals surface area contributed by atoms with Gasteiger partial charge in [0.05, 0.1) is 6.10 Å². The predicted octanol–water partition coefficient (Wildman–Crippen LogP) is 4.00. The second-order valence-corrected chi connectivity index (χ2v) is 5.40. The maximum atomic E-state index is 13.2. The van der Waals surface area contributed by atoms with Crippen LogP contribution in [0.4, 0.5) is 4.39 Å². The number of hydrogen-bond donors (Lipinski definition) is 1. The summed E-state index contributed by atoms with van der Waals surface area (Å²) >= 11 is 0. The van der Waals surface area contributed by atoms with Crippen LogP contribution < -0.4 is 4.74 Å². The van der Waals surface area contributed by atoms with Gasteiger partial charge in [0.1, 0.15) is 17.7 Å². The molecule has 0 spiro atoms. The number of aliphatic hydroxyl groups is 1. The lowest BCUT2D eigenvalue weighted by Crippen LogP contribution is -2.20. The van der Waals surface area contributed by atoms with Gasteiger partial charge >= 0.3 is 0 Å². The second-order valence-electron chi connectivity index (χ2n) is 5.40. The number of halogens is 1. The maximum absolute atomic E-state index is 13.2. The summed E-state index contributed by atoms with van der Waals surface area (Å²) in [5, 5.41) is 10.2. The molecule has 2 aromatic rings. The lowest BCUT2D eigenvalue weighted by atomic mass is 9.92. The summed E-state index contributed by atoms with van der Waals surface area (Å²) in [5.74, 6) is 0.214. The zero-order chi connectivity index (χ0) is 14.3. The van der Waals surface area contributed by atoms with Crippen molar-refractivity contribution in [1.29, 1.82) is 0 Å². The summed E-state index contributed by atoms with van der Waals surface area (Å²) in [7, 11) is 0. The number of hydrogen-bond acceptors (Lipinski definition) is 2. The van der Waals surface area contributed by atoms with E-state index in [1.165, 1.54) is 17.7 Å². The zero-order valence-corrected chi connectivity index (χ0v) is 11.6. The first-order valence-corrected chi connectivity index (χ1v) is 6.76. The molecule has 0 radical (unpaired) electrons. The van der Waals surface area contributed by atoms with Crippen molar-refractivity contribution in [3.05, 3.63) is 64.5 Å². The molecule has 104 valence electrons. The lowest BCUT2D eigenvalue weighted by Gasteiger charge is -2.30. The number of ether oxygens (including phenoxy) is 1. The molecule has 0 bridgehead atoms. The third-order valence-electron chi connectivity index (χ3n) is 3.81. The quantitative estimate of drug-likeness (QED) is 0.850. The minimum absolute atomic E-state index is 0.191. The van der Waals surface area contributed by atoms with Crippen LogP contribution >= 0.6 is 0 Å². The van der Waals surface area contributed by atoms with Gasteiger partial charge in [-0.15, -0.1) is 0 Å².